The van der Waals surface area contributed by atoms with Crippen LogP contribution in [-0.2, 0) is 9.53 Å². The SMILES string of the molecule is CCOC(=O)C1=C(c2ccccc2)N=c2s/c(=C\c3cc(Br)cc(Br)c3O)c(=O)n2[C@H]1c1ccc(F)cc1. The molecule has 1 aliphatic heterocycles. The number of benzene rings is 3. The topological polar surface area (TPSA) is 80.9 Å². The molecule has 38 heavy (non-hydrogen) atoms. The van der Waals surface area contributed by atoms with Gasteiger partial charge in [-0.1, -0.05) is 69.7 Å². The summed E-state index contributed by atoms with van der Waals surface area (Å²) in [6, 6.07) is 17.3. The molecule has 0 saturated carbocycles. The lowest BCUT2D eigenvalue weighted by molar-refractivity contribution is -0.138. The van der Waals surface area contributed by atoms with Crippen molar-refractivity contribution in [2.24, 2.45) is 4.99 Å². The Balaban J connectivity index is 1.84. The van der Waals surface area contributed by atoms with Gasteiger partial charge in [0.2, 0.25) is 0 Å². The van der Waals surface area contributed by atoms with E-state index < -0.39 is 23.4 Å². The van der Waals surface area contributed by atoms with Gasteiger partial charge in [-0.05, 0) is 58.8 Å². The van der Waals surface area contributed by atoms with Crippen molar-refractivity contribution in [3.8, 4) is 5.75 Å². The molecule has 4 aromatic rings. The van der Waals surface area contributed by atoms with Gasteiger partial charge in [0.25, 0.3) is 5.56 Å². The van der Waals surface area contributed by atoms with Crippen LogP contribution in [0, 0.1) is 5.82 Å². The lowest BCUT2D eigenvalue weighted by atomic mass is 9.93. The highest BCUT2D eigenvalue weighted by Gasteiger charge is 2.35. The number of hydrogen-bond donors (Lipinski definition) is 1. The zero-order chi connectivity index (χ0) is 27.0. The molecule has 0 aliphatic carbocycles. The smallest absolute Gasteiger partial charge is 0.338 e. The molecule has 10 heteroatoms. The number of ether oxygens (including phenoxy) is 1. The van der Waals surface area contributed by atoms with E-state index in [4.69, 9.17) is 9.73 Å². The van der Waals surface area contributed by atoms with E-state index in [1.807, 2.05) is 30.3 Å². The van der Waals surface area contributed by atoms with Gasteiger partial charge in [0.15, 0.2) is 4.80 Å². The Morgan fingerprint density at radius 2 is 1.87 bits per heavy atom. The van der Waals surface area contributed by atoms with E-state index in [1.54, 1.807) is 37.3 Å². The first-order chi connectivity index (χ1) is 18.3. The van der Waals surface area contributed by atoms with Crippen LogP contribution in [0.15, 0.2) is 91.0 Å². The number of rotatable bonds is 5. The fourth-order valence-electron chi connectivity index (χ4n) is 4.24. The summed E-state index contributed by atoms with van der Waals surface area (Å²) in [5, 5.41) is 10.6. The number of thiazole rings is 1. The van der Waals surface area contributed by atoms with Gasteiger partial charge in [-0.25, -0.2) is 14.2 Å². The van der Waals surface area contributed by atoms with Crippen LogP contribution in [0.1, 0.15) is 29.7 Å². The summed E-state index contributed by atoms with van der Waals surface area (Å²) < 4.78 is 22.2. The second-order valence-electron chi connectivity index (χ2n) is 8.31. The molecule has 6 nitrogen and oxygen atoms in total. The Morgan fingerprint density at radius 3 is 2.55 bits per heavy atom. The van der Waals surface area contributed by atoms with Crippen LogP contribution in [0.2, 0.25) is 0 Å². The molecule has 3 aromatic carbocycles. The summed E-state index contributed by atoms with van der Waals surface area (Å²) in [4.78, 5) is 32.4. The minimum atomic E-state index is -0.911. The minimum Gasteiger partial charge on any atom is -0.506 e. The van der Waals surface area contributed by atoms with E-state index in [9.17, 15) is 19.1 Å². The van der Waals surface area contributed by atoms with Crippen LogP contribution in [0.4, 0.5) is 4.39 Å². The Labute approximate surface area is 237 Å². The summed E-state index contributed by atoms with van der Waals surface area (Å²) in [5.74, 6) is -1.08. The van der Waals surface area contributed by atoms with Gasteiger partial charge in [-0.15, -0.1) is 0 Å². The van der Waals surface area contributed by atoms with E-state index in [-0.39, 0.29) is 17.9 Å². The van der Waals surface area contributed by atoms with Crippen molar-refractivity contribution >= 4 is 60.9 Å². The standard InChI is InChI=1S/C28H19Br2FN2O4S/c1-2-37-27(36)22-23(15-6-4-3-5-7-15)32-28-33(24(22)16-8-10-19(31)11-9-16)26(35)21(38-28)13-17-12-18(29)14-20(30)25(17)34/h3-14,24,34H,2H2,1H3/b21-13-/t24-/m0/s1. The maximum Gasteiger partial charge on any atom is 0.338 e. The van der Waals surface area contributed by atoms with Gasteiger partial charge in [-0.3, -0.25) is 9.36 Å². The number of esters is 1. The van der Waals surface area contributed by atoms with Crippen molar-refractivity contribution in [2.45, 2.75) is 13.0 Å². The molecule has 1 aromatic heterocycles. The van der Waals surface area contributed by atoms with E-state index in [1.165, 1.54) is 16.7 Å². The Morgan fingerprint density at radius 1 is 1.16 bits per heavy atom. The zero-order valence-electron chi connectivity index (χ0n) is 19.8. The molecule has 192 valence electrons. The number of carbonyl (C=O) groups excluding carboxylic acids is 1. The largest absolute Gasteiger partial charge is 0.506 e. The van der Waals surface area contributed by atoms with Crippen LogP contribution < -0.4 is 14.9 Å². The van der Waals surface area contributed by atoms with Crippen molar-refractivity contribution in [1.82, 2.24) is 4.57 Å². The third-order valence-electron chi connectivity index (χ3n) is 5.90. The molecule has 2 heterocycles. The summed E-state index contributed by atoms with van der Waals surface area (Å²) in [6.07, 6.45) is 1.58. The molecule has 1 aliphatic rings. The highest BCUT2D eigenvalue weighted by Crippen LogP contribution is 2.35. The van der Waals surface area contributed by atoms with E-state index in [2.05, 4.69) is 31.9 Å². The molecule has 5 rings (SSSR count). The van der Waals surface area contributed by atoms with Crippen LogP contribution in [0.5, 0.6) is 5.75 Å². The van der Waals surface area contributed by atoms with Gasteiger partial charge in [0.1, 0.15) is 11.6 Å². The van der Waals surface area contributed by atoms with Crippen molar-refractivity contribution in [3.63, 3.8) is 0 Å². The Hall–Kier alpha value is -3.34. The highest BCUT2D eigenvalue weighted by atomic mass is 79.9. The van der Waals surface area contributed by atoms with Gasteiger partial charge in [-0.2, -0.15) is 0 Å². The van der Waals surface area contributed by atoms with Crippen molar-refractivity contribution < 1.29 is 19.0 Å². The fourth-order valence-corrected chi connectivity index (χ4v) is 6.49. The van der Waals surface area contributed by atoms with Crippen molar-refractivity contribution in [2.75, 3.05) is 6.61 Å². The predicted molar refractivity (Wildman–Crippen MR) is 151 cm³/mol. The zero-order valence-corrected chi connectivity index (χ0v) is 23.8. The number of aromatic hydroxyl groups is 1. The molecular weight excluding hydrogens is 639 g/mol. The number of phenolic OH excluding ortho intramolecular Hbond substituents is 1. The summed E-state index contributed by atoms with van der Waals surface area (Å²) in [7, 11) is 0. The summed E-state index contributed by atoms with van der Waals surface area (Å²) >= 11 is 7.85. The number of hydrogen-bond acceptors (Lipinski definition) is 6. The maximum atomic E-state index is 13.9. The molecule has 0 fully saturated rings. The third kappa shape index (κ3) is 4.91. The molecule has 1 N–H and O–H groups in total. The molecular formula is C28H19Br2FN2O4S. The molecule has 0 unspecified atom stereocenters. The lowest BCUT2D eigenvalue weighted by Crippen LogP contribution is -2.40. The molecule has 0 spiro atoms. The third-order valence-corrected chi connectivity index (χ3v) is 7.95. The number of phenols is 1. The molecule has 0 bridgehead atoms. The average Bonchev–Trinajstić information content (AvgIpc) is 3.21. The van der Waals surface area contributed by atoms with Gasteiger partial charge >= 0.3 is 5.97 Å². The Bertz CT molecular complexity index is 1760. The molecule has 0 radical (unpaired) electrons. The highest BCUT2D eigenvalue weighted by molar-refractivity contribution is 9.11. The summed E-state index contributed by atoms with van der Waals surface area (Å²) in [6.45, 7) is 1.83. The monoisotopic (exact) mass is 656 g/mol. The average molecular weight is 658 g/mol. The molecule has 1 atom stereocenters. The number of halogens is 3. The van der Waals surface area contributed by atoms with E-state index in [0.29, 0.717) is 40.7 Å². The minimum absolute atomic E-state index is 0.0219. The van der Waals surface area contributed by atoms with Crippen LogP contribution >= 0.6 is 43.2 Å². The van der Waals surface area contributed by atoms with Crippen LogP contribution in [-0.4, -0.2) is 22.2 Å². The second kappa shape index (κ2) is 10.8. The number of carbonyl (C=O) groups is 1. The predicted octanol–water partition coefficient (Wildman–Crippen LogP) is 5.31. The van der Waals surface area contributed by atoms with Crippen LogP contribution in [0.3, 0.4) is 0 Å². The second-order valence-corrected chi connectivity index (χ2v) is 11.1. The maximum absolute atomic E-state index is 13.9. The number of nitrogens with zero attached hydrogens (tertiary/aromatic N) is 2. The van der Waals surface area contributed by atoms with Gasteiger partial charge in [0.05, 0.1) is 32.9 Å². The van der Waals surface area contributed by atoms with Gasteiger partial charge < -0.3 is 9.84 Å². The first-order valence-electron chi connectivity index (χ1n) is 11.5. The number of fused-ring (bicyclic) bond motifs is 1. The van der Waals surface area contributed by atoms with Crippen molar-refractivity contribution in [3.05, 3.63) is 123 Å². The molecule has 0 amide bonds. The Kier molecular flexibility index (Phi) is 7.47. The molecule has 0 saturated heterocycles. The fraction of sp³-hybridized carbons (Fsp3) is 0.107. The normalized spacial score (nSPS) is 15.3. The quantitative estimate of drug-likeness (QED) is 0.295. The lowest BCUT2D eigenvalue weighted by Gasteiger charge is -2.25. The summed E-state index contributed by atoms with van der Waals surface area (Å²) in [5.41, 5.74) is 1.76. The first-order valence-corrected chi connectivity index (χ1v) is 13.9. The van der Waals surface area contributed by atoms with Crippen LogP contribution in [0.25, 0.3) is 11.8 Å². The number of aromatic nitrogens is 1. The van der Waals surface area contributed by atoms with Crippen molar-refractivity contribution in [1.29, 1.82) is 0 Å². The van der Waals surface area contributed by atoms with Gasteiger partial charge in [0, 0.05) is 15.6 Å². The van der Waals surface area contributed by atoms with E-state index in [0.717, 1.165) is 11.3 Å². The van der Waals surface area contributed by atoms with E-state index >= 15 is 0 Å². The first kappa shape index (κ1) is 26.3.